The number of likely N-dealkylation sites (tertiary alicyclic amines) is 1. The van der Waals surface area contributed by atoms with Crippen molar-refractivity contribution in [1.82, 2.24) is 42.1 Å². The molecular formula is C51H79N17O13. The van der Waals surface area contributed by atoms with E-state index in [0.717, 1.165) is 0 Å². The van der Waals surface area contributed by atoms with Crippen LogP contribution in [0.5, 0.6) is 5.75 Å². The van der Waals surface area contributed by atoms with Gasteiger partial charge in [0.1, 0.15) is 54.1 Å². The molecule has 30 heteroatoms. The van der Waals surface area contributed by atoms with Gasteiger partial charge in [-0.15, -0.1) is 0 Å². The molecular weight excluding hydrogens is 1060 g/mol. The topological polar surface area (TPSA) is 526 Å². The highest BCUT2D eigenvalue weighted by Gasteiger charge is 2.40. The lowest BCUT2D eigenvalue weighted by atomic mass is 10.0. The first-order valence-electron chi connectivity index (χ1n) is 26.3. The average Bonchev–Trinajstić information content (AvgIpc) is 3.92. The minimum Gasteiger partial charge on any atom is -0.508 e. The van der Waals surface area contributed by atoms with Crippen molar-refractivity contribution in [3.8, 4) is 5.75 Å². The fourth-order valence-corrected chi connectivity index (χ4v) is 8.45. The Hall–Kier alpha value is -8.64. The summed E-state index contributed by atoms with van der Waals surface area (Å²) in [4.78, 5) is 144. The minimum absolute atomic E-state index is 0.00146. The van der Waals surface area contributed by atoms with Crippen molar-refractivity contribution in [2.45, 2.75) is 132 Å². The van der Waals surface area contributed by atoms with Gasteiger partial charge in [-0.05, 0) is 80.5 Å². The maximum atomic E-state index is 14.5. The Morgan fingerprint density at radius 2 is 1.06 bits per heavy atom. The van der Waals surface area contributed by atoms with Gasteiger partial charge in [-0.1, -0.05) is 56.3 Å². The van der Waals surface area contributed by atoms with Gasteiger partial charge < -0.3 is 97.6 Å². The predicted molar refractivity (Wildman–Crippen MR) is 295 cm³/mol. The van der Waals surface area contributed by atoms with Crippen LogP contribution in [0.3, 0.4) is 0 Å². The van der Waals surface area contributed by atoms with Crippen LogP contribution >= 0.6 is 0 Å². The van der Waals surface area contributed by atoms with Crippen molar-refractivity contribution in [3.63, 3.8) is 0 Å². The first kappa shape index (κ1) is 66.6. The van der Waals surface area contributed by atoms with Crippen molar-refractivity contribution in [2.75, 3.05) is 32.8 Å². The van der Waals surface area contributed by atoms with E-state index in [1.54, 1.807) is 30.3 Å². The van der Waals surface area contributed by atoms with Crippen molar-refractivity contribution in [1.29, 1.82) is 0 Å². The smallest absolute Gasteiger partial charge is 0.245 e. The minimum atomic E-state index is -1.76. The van der Waals surface area contributed by atoms with Crippen LogP contribution in [-0.4, -0.2) is 178 Å². The molecule has 0 spiro atoms. The van der Waals surface area contributed by atoms with Gasteiger partial charge in [0.05, 0.1) is 19.3 Å². The zero-order valence-corrected chi connectivity index (χ0v) is 45.4. The fourth-order valence-electron chi connectivity index (χ4n) is 8.45. The van der Waals surface area contributed by atoms with Crippen molar-refractivity contribution < 1.29 is 63.3 Å². The third-order valence-corrected chi connectivity index (χ3v) is 12.8. The molecule has 0 saturated carbocycles. The maximum Gasteiger partial charge on any atom is 0.245 e. The summed E-state index contributed by atoms with van der Waals surface area (Å²) in [5, 5.41) is 47.4. The molecule has 9 unspecified atom stereocenters. The first-order chi connectivity index (χ1) is 38.3. The second-order valence-corrected chi connectivity index (χ2v) is 19.6. The molecule has 0 aliphatic carbocycles. The monoisotopic (exact) mass is 1140 g/mol. The van der Waals surface area contributed by atoms with Gasteiger partial charge in [-0.25, -0.2) is 0 Å². The number of amides is 10. The number of nitrogens with two attached hydrogens (primary N) is 7. The third kappa shape index (κ3) is 22.9. The molecule has 446 valence electrons. The summed E-state index contributed by atoms with van der Waals surface area (Å²) in [6.07, 6.45) is -0.191. The fraction of sp³-hybridized carbons (Fsp3) is 0.529. The van der Waals surface area contributed by atoms with Gasteiger partial charge in [-0.3, -0.25) is 57.9 Å². The summed E-state index contributed by atoms with van der Waals surface area (Å²) in [6.45, 7) is 1.18. The van der Waals surface area contributed by atoms with E-state index in [2.05, 4.69) is 47.2 Å². The van der Waals surface area contributed by atoms with Crippen LogP contribution in [0.15, 0.2) is 64.6 Å². The van der Waals surface area contributed by atoms with E-state index in [0.29, 0.717) is 17.5 Å². The van der Waals surface area contributed by atoms with Crippen LogP contribution in [0.25, 0.3) is 0 Å². The summed E-state index contributed by atoms with van der Waals surface area (Å²) >= 11 is 0. The molecule has 1 fully saturated rings. The number of guanidine groups is 2. The molecule has 0 radical (unpaired) electrons. The second-order valence-electron chi connectivity index (χ2n) is 19.6. The SMILES string of the molecule is CC(C)C(NC(=O)C(CCC(N)=O)NC(=O)C(CO)NC(=O)C(N)Cc1ccc(O)cc1)C(=O)NC(CO)C(=O)NC(CCCN=C(N)N)C(=O)N1CCCC1C(=O)NC(CCCN=C(N)N)C(=O)NC(Cc1ccccc1)C(N)=O. The van der Waals surface area contributed by atoms with Crippen LogP contribution in [0, 0.1) is 5.92 Å². The van der Waals surface area contributed by atoms with Crippen LogP contribution in [0.2, 0.25) is 0 Å². The molecule has 1 heterocycles. The van der Waals surface area contributed by atoms with Crippen molar-refractivity contribution >= 4 is 71.0 Å². The van der Waals surface area contributed by atoms with Gasteiger partial charge >= 0.3 is 0 Å². The zero-order valence-electron chi connectivity index (χ0n) is 45.4. The largest absolute Gasteiger partial charge is 0.508 e. The van der Waals surface area contributed by atoms with E-state index < -0.39 is 145 Å². The molecule has 0 bridgehead atoms. The Labute approximate surface area is 467 Å². The number of primary amides is 2. The van der Waals surface area contributed by atoms with Gasteiger partial charge in [-0.2, -0.15) is 0 Å². The van der Waals surface area contributed by atoms with E-state index in [-0.39, 0.29) is 82.2 Å². The number of aliphatic hydroxyl groups is 2. The zero-order chi connectivity index (χ0) is 60.3. The number of hydrogen-bond acceptors (Lipinski definition) is 16. The highest BCUT2D eigenvalue weighted by atomic mass is 16.3. The molecule has 2 aromatic carbocycles. The molecule has 1 aliphatic rings. The summed E-state index contributed by atoms with van der Waals surface area (Å²) < 4.78 is 0. The number of hydrogen-bond donors (Lipinski definition) is 17. The van der Waals surface area contributed by atoms with E-state index in [4.69, 9.17) is 40.1 Å². The van der Waals surface area contributed by atoms with Crippen LogP contribution in [-0.2, 0) is 60.8 Å². The van der Waals surface area contributed by atoms with Gasteiger partial charge in [0.15, 0.2) is 11.9 Å². The van der Waals surface area contributed by atoms with Gasteiger partial charge in [0.2, 0.25) is 59.1 Å². The number of benzene rings is 2. The van der Waals surface area contributed by atoms with E-state index in [1.165, 1.54) is 43.0 Å². The summed E-state index contributed by atoms with van der Waals surface area (Å²) in [7, 11) is 0. The highest BCUT2D eigenvalue weighted by Crippen LogP contribution is 2.21. The Morgan fingerprint density at radius 1 is 0.580 bits per heavy atom. The van der Waals surface area contributed by atoms with Crippen LogP contribution in [0.4, 0.5) is 0 Å². The number of carbonyl (C=O) groups excluding carboxylic acids is 10. The molecule has 0 aromatic heterocycles. The number of carbonyl (C=O) groups is 10. The standard InChI is InChI=1S/C51H79N17O13/c1-27(2)40(67-44(76)33(18-19-39(53)72)61-45(77)36(25-69)65-42(74)31(52)23-29-14-16-30(71)17-15-29)48(80)66-37(26-70)46(78)63-34(12-7-21-60-51(57)58)49(81)68-22-8-13-38(68)47(79)62-32(11-6-20-59-50(55)56)43(75)64-35(41(54)73)24-28-9-4-3-5-10-28/h3-5,9-10,14-17,27,31-38,40,69-71H,6-8,11-13,18-26,52H2,1-2H3,(H2,53,72)(H2,54,73)(H,61,77)(H,62,79)(H,63,78)(H,64,75)(H,65,74)(H,66,80)(H,67,76)(H4,55,56,59)(H4,57,58,60). The van der Waals surface area contributed by atoms with Gasteiger partial charge in [0, 0.05) is 32.5 Å². The molecule has 30 nitrogen and oxygen atoms in total. The molecule has 2 aromatic rings. The molecule has 1 saturated heterocycles. The average molecular weight is 1140 g/mol. The van der Waals surface area contributed by atoms with Crippen LogP contribution < -0.4 is 77.4 Å². The quantitative estimate of drug-likeness (QED) is 0.0176. The lowest BCUT2D eigenvalue weighted by molar-refractivity contribution is -0.143. The number of phenolic OH excluding ortho intramolecular Hbond substituents is 1. The number of phenols is 1. The molecule has 10 amide bonds. The van der Waals surface area contributed by atoms with Crippen molar-refractivity contribution in [2.24, 2.45) is 56.0 Å². The second kappa shape index (κ2) is 33.7. The molecule has 3 rings (SSSR count). The summed E-state index contributed by atoms with van der Waals surface area (Å²) in [5.74, 6) is -10.2. The highest BCUT2D eigenvalue weighted by molar-refractivity contribution is 5.98. The maximum absolute atomic E-state index is 14.5. The molecule has 1 aliphatic heterocycles. The van der Waals surface area contributed by atoms with Crippen molar-refractivity contribution in [3.05, 3.63) is 65.7 Å². The molecule has 81 heavy (non-hydrogen) atoms. The van der Waals surface area contributed by atoms with Crippen LogP contribution in [0.1, 0.15) is 76.3 Å². The number of rotatable bonds is 34. The lowest BCUT2D eigenvalue weighted by Gasteiger charge is -2.31. The Kier molecular flexibility index (Phi) is 27.7. The Morgan fingerprint density at radius 3 is 1.59 bits per heavy atom. The van der Waals surface area contributed by atoms with E-state index in [1.807, 2.05) is 0 Å². The number of aliphatic hydroxyl groups excluding tert-OH is 2. The molecule has 9 atom stereocenters. The molecule has 24 N–H and O–H groups in total. The Bertz CT molecular complexity index is 2530. The van der Waals surface area contributed by atoms with Gasteiger partial charge in [0.25, 0.3) is 0 Å². The first-order valence-corrected chi connectivity index (χ1v) is 26.3. The summed E-state index contributed by atoms with van der Waals surface area (Å²) in [6, 6.07) is 1.89. The predicted octanol–water partition coefficient (Wildman–Crippen LogP) is -6.61. The van der Waals surface area contributed by atoms with E-state index in [9.17, 15) is 63.3 Å². The number of nitrogens with zero attached hydrogens (tertiary/aromatic N) is 3. The number of nitrogens with one attached hydrogen (secondary N) is 7. The summed E-state index contributed by atoms with van der Waals surface area (Å²) in [5.41, 5.74) is 40.3. The lowest BCUT2D eigenvalue weighted by Crippen LogP contribution is -2.61. The number of aliphatic imine (C=N–C) groups is 2. The third-order valence-electron chi connectivity index (χ3n) is 12.8. The number of aromatic hydroxyl groups is 1. The Balaban J connectivity index is 1.80. The normalized spacial score (nSPS) is 15.8. The van der Waals surface area contributed by atoms with E-state index >= 15 is 0 Å².